The smallest absolute Gasteiger partial charge is 0.166 e. The third-order valence-electron chi connectivity index (χ3n) is 0.675. The standard InChI is InChI=1S/C5H12N2S.Pb/c1-3-6-5(8)7-4-2;/h3-4H2,1-2H3,(H2,6,7,8);. The molecule has 0 heterocycles. The van der Waals surface area contributed by atoms with Crippen LogP contribution in [-0.2, 0) is 0 Å². The zero-order valence-electron chi connectivity index (χ0n) is 5.82. The van der Waals surface area contributed by atoms with E-state index in [-0.39, 0.29) is 27.3 Å². The molecule has 0 aromatic rings. The van der Waals surface area contributed by atoms with E-state index in [0.29, 0.717) is 0 Å². The van der Waals surface area contributed by atoms with Crippen molar-refractivity contribution < 1.29 is 0 Å². The first-order valence-electron chi connectivity index (χ1n) is 2.83. The van der Waals surface area contributed by atoms with E-state index < -0.39 is 0 Å². The Morgan fingerprint density at radius 1 is 1.22 bits per heavy atom. The van der Waals surface area contributed by atoms with Crippen molar-refractivity contribution in [2.45, 2.75) is 13.8 Å². The molecular weight excluding hydrogens is 327 g/mol. The van der Waals surface area contributed by atoms with Crippen molar-refractivity contribution in [2.75, 3.05) is 13.1 Å². The van der Waals surface area contributed by atoms with Crippen LogP contribution >= 0.6 is 12.2 Å². The summed E-state index contributed by atoms with van der Waals surface area (Å²) in [4.78, 5) is 0. The topological polar surface area (TPSA) is 24.1 Å². The van der Waals surface area contributed by atoms with Gasteiger partial charge in [-0.3, -0.25) is 0 Å². The maximum atomic E-state index is 4.83. The molecule has 0 aliphatic rings. The van der Waals surface area contributed by atoms with Gasteiger partial charge in [-0.05, 0) is 26.1 Å². The van der Waals surface area contributed by atoms with Gasteiger partial charge in [-0.25, -0.2) is 0 Å². The predicted molar refractivity (Wildman–Crippen MR) is 45.7 cm³/mol. The quantitative estimate of drug-likeness (QED) is 0.552. The third-order valence-corrected chi connectivity index (χ3v) is 0.963. The molecular formula is C5H12N2PbS. The van der Waals surface area contributed by atoms with Crippen LogP contribution in [0.25, 0.3) is 0 Å². The van der Waals surface area contributed by atoms with Crippen LogP contribution in [0.15, 0.2) is 0 Å². The molecule has 9 heavy (non-hydrogen) atoms. The molecule has 0 aliphatic carbocycles. The molecule has 0 amide bonds. The Labute approximate surface area is 81.9 Å². The fourth-order valence-corrected chi connectivity index (χ4v) is 0.672. The normalized spacial score (nSPS) is 7.33. The van der Waals surface area contributed by atoms with Gasteiger partial charge in [-0.1, -0.05) is 0 Å². The van der Waals surface area contributed by atoms with Gasteiger partial charge in [0.2, 0.25) is 0 Å². The van der Waals surface area contributed by atoms with Gasteiger partial charge in [0.05, 0.1) is 0 Å². The van der Waals surface area contributed by atoms with Crippen molar-refractivity contribution >= 4 is 44.6 Å². The van der Waals surface area contributed by atoms with Crippen molar-refractivity contribution in [1.29, 1.82) is 0 Å². The second-order valence-corrected chi connectivity index (χ2v) is 1.80. The molecule has 4 heteroatoms. The van der Waals surface area contributed by atoms with E-state index in [1.807, 2.05) is 13.8 Å². The summed E-state index contributed by atoms with van der Waals surface area (Å²) in [6, 6.07) is 0. The number of rotatable bonds is 2. The molecule has 2 N–H and O–H groups in total. The Bertz CT molecular complexity index is 69.4. The molecule has 0 unspecified atom stereocenters. The Balaban J connectivity index is 0. The first kappa shape index (κ1) is 12.3. The summed E-state index contributed by atoms with van der Waals surface area (Å²) in [6.45, 7) is 5.82. The molecule has 2 nitrogen and oxygen atoms in total. The molecule has 0 aromatic carbocycles. The molecule has 0 fully saturated rings. The van der Waals surface area contributed by atoms with E-state index >= 15 is 0 Å². The summed E-state index contributed by atoms with van der Waals surface area (Å²) in [7, 11) is 0. The molecule has 0 aliphatic heterocycles. The molecule has 0 rings (SSSR count). The number of hydrogen-bond donors (Lipinski definition) is 2. The largest absolute Gasteiger partial charge is 0.363 e. The van der Waals surface area contributed by atoms with E-state index in [2.05, 4.69) is 10.6 Å². The first-order chi connectivity index (χ1) is 3.81. The molecule has 4 radical (unpaired) electrons. The van der Waals surface area contributed by atoms with E-state index in [4.69, 9.17) is 12.2 Å². The number of hydrogen-bond acceptors (Lipinski definition) is 1. The summed E-state index contributed by atoms with van der Waals surface area (Å²) in [5.74, 6) is 0. The predicted octanol–water partition coefficient (Wildman–Crippen LogP) is 0.109. The minimum absolute atomic E-state index is 0. The van der Waals surface area contributed by atoms with Gasteiger partial charge in [-0.15, -0.1) is 0 Å². The van der Waals surface area contributed by atoms with Crippen LogP contribution in [0.2, 0.25) is 0 Å². The Morgan fingerprint density at radius 2 is 1.56 bits per heavy atom. The molecule has 0 aromatic heterocycles. The van der Waals surface area contributed by atoms with Crippen LogP contribution in [0, 0.1) is 0 Å². The summed E-state index contributed by atoms with van der Waals surface area (Å²) < 4.78 is 0. The Morgan fingerprint density at radius 3 is 1.78 bits per heavy atom. The number of nitrogens with one attached hydrogen (secondary N) is 2. The Kier molecular flexibility index (Phi) is 11.8. The van der Waals surface area contributed by atoms with Crippen LogP contribution < -0.4 is 10.6 Å². The minimum atomic E-state index is 0. The molecule has 0 spiro atoms. The Hall–Kier alpha value is 0.612. The van der Waals surface area contributed by atoms with Crippen molar-refractivity contribution in [1.82, 2.24) is 10.6 Å². The van der Waals surface area contributed by atoms with Gasteiger partial charge in [0, 0.05) is 40.4 Å². The second-order valence-electron chi connectivity index (χ2n) is 1.39. The fourth-order valence-electron chi connectivity index (χ4n) is 0.384. The van der Waals surface area contributed by atoms with Gasteiger partial charge in [-0.2, -0.15) is 0 Å². The molecule has 0 bridgehead atoms. The van der Waals surface area contributed by atoms with Crippen LogP contribution in [-0.4, -0.2) is 45.5 Å². The van der Waals surface area contributed by atoms with Gasteiger partial charge in [0.15, 0.2) is 5.11 Å². The molecule has 52 valence electrons. The van der Waals surface area contributed by atoms with Crippen molar-refractivity contribution in [2.24, 2.45) is 0 Å². The molecule has 0 atom stereocenters. The van der Waals surface area contributed by atoms with Crippen LogP contribution in [0.1, 0.15) is 13.8 Å². The second kappa shape index (κ2) is 8.61. The summed E-state index contributed by atoms with van der Waals surface area (Å²) in [5.41, 5.74) is 0. The van der Waals surface area contributed by atoms with Crippen molar-refractivity contribution in [3.8, 4) is 0 Å². The monoisotopic (exact) mass is 340 g/mol. The fraction of sp³-hybridized carbons (Fsp3) is 0.800. The molecule has 0 saturated heterocycles. The zero-order chi connectivity index (χ0) is 6.41. The van der Waals surface area contributed by atoms with E-state index in [0.717, 1.165) is 18.2 Å². The van der Waals surface area contributed by atoms with Crippen molar-refractivity contribution in [3.63, 3.8) is 0 Å². The number of thiocarbonyl (C=S) groups is 1. The van der Waals surface area contributed by atoms with Gasteiger partial charge in [0.25, 0.3) is 0 Å². The average Bonchev–Trinajstić information content (AvgIpc) is 1.68. The van der Waals surface area contributed by atoms with Crippen molar-refractivity contribution in [3.05, 3.63) is 0 Å². The minimum Gasteiger partial charge on any atom is -0.363 e. The summed E-state index contributed by atoms with van der Waals surface area (Å²) >= 11 is 4.83. The maximum Gasteiger partial charge on any atom is 0.166 e. The van der Waals surface area contributed by atoms with Crippen LogP contribution in [0.3, 0.4) is 0 Å². The van der Waals surface area contributed by atoms with Crippen LogP contribution in [0.5, 0.6) is 0 Å². The zero-order valence-corrected chi connectivity index (χ0v) is 10.5. The van der Waals surface area contributed by atoms with Gasteiger partial charge < -0.3 is 10.6 Å². The van der Waals surface area contributed by atoms with Gasteiger partial charge in [0.1, 0.15) is 0 Å². The third kappa shape index (κ3) is 8.61. The summed E-state index contributed by atoms with van der Waals surface area (Å²) in [5, 5.41) is 6.68. The van der Waals surface area contributed by atoms with E-state index in [9.17, 15) is 0 Å². The van der Waals surface area contributed by atoms with Crippen LogP contribution in [0.4, 0.5) is 0 Å². The summed E-state index contributed by atoms with van der Waals surface area (Å²) in [6.07, 6.45) is 0. The first-order valence-corrected chi connectivity index (χ1v) is 3.23. The van der Waals surface area contributed by atoms with Gasteiger partial charge >= 0.3 is 0 Å². The van der Waals surface area contributed by atoms with E-state index in [1.54, 1.807) is 0 Å². The van der Waals surface area contributed by atoms with E-state index in [1.165, 1.54) is 0 Å². The average molecular weight is 339 g/mol. The molecule has 0 saturated carbocycles. The maximum absolute atomic E-state index is 4.83. The SMILES string of the molecule is CCNC(=S)NCC.[Pb].